The molecule has 7 heteroatoms. The van der Waals surface area contributed by atoms with E-state index >= 15 is 0 Å². The number of benzene rings is 2. The molecule has 2 amide bonds. The molecule has 4 rings (SSSR count). The zero-order valence-electron chi connectivity index (χ0n) is 15.2. The van der Waals surface area contributed by atoms with Crippen molar-refractivity contribution in [3.05, 3.63) is 94.9 Å². The summed E-state index contributed by atoms with van der Waals surface area (Å²) in [6.07, 6.45) is 3.14. The number of nitrogens with zero attached hydrogens (tertiary/aromatic N) is 2. The molecule has 0 aliphatic heterocycles. The maximum Gasteiger partial charge on any atom is 0.265 e. The van der Waals surface area contributed by atoms with Gasteiger partial charge in [-0.05, 0) is 35.7 Å². The van der Waals surface area contributed by atoms with Crippen molar-refractivity contribution in [2.24, 2.45) is 0 Å². The minimum Gasteiger partial charge on any atom is -0.321 e. The summed E-state index contributed by atoms with van der Waals surface area (Å²) in [5.41, 5.74) is 2.50. The Labute approximate surface area is 171 Å². The smallest absolute Gasteiger partial charge is 0.265 e. The van der Waals surface area contributed by atoms with Crippen molar-refractivity contribution in [3.63, 3.8) is 0 Å². The highest BCUT2D eigenvalue weighted by atomic mass is 32.1. The SMILES string of the molecule is O=C(Nc1cnc(-c2ccccc2)nc1)c1ccc(NC(=O)c2cccs2)cc1. The van der Waals surface area contributed by atoms with Crippen LogP contribution in [0.5, 0.6) is 0 Å². The molecule has 2 aromatic heterocycles. The standard InChI is InChI=1S/C22H16N4O2S/c27-21(26-18-13-23-20(24-14-18)15-5-2-1-3-6-15)16-8-10-17(11-9-16)25-22(28)19-7-4-12-29-19/h1-14H,(H,25,28)(H,26,27). The highest BCUT2D eigenvalue weighted by Gasteiger charge is 2.10. The van der Waals surface area contributed by atoms with Gasteiger partial charge in [0.2, 0.25) is 0 Å². The molecule has 0 atom stereocenters. The van der Waals surface area contributed by atoms with E-state index in [0.717, 1.165) is 5.56 Å². The van der Waals surface area contributed by atoms with E-state index < -0.39 is 0 Å². The summed E-state index contributed by atoms with van der Waals surface area (Å²) in [7, 11) is 0. The molecule has 0 unspecified atom stereocenters. The van der Waals surface area contributed by atoms with Gasteiger partial charge in [-0.2, -0.15) is 0 Å². The number of carbonyl (C=O) groups excluding carboxylic acids is 2. The third-order valence-electron chi connectivity index (χ3n) is 4.09. The van der Waals surface area contributed by atoms with E-state index in [2.05, 4.69) is 20.6 Å². The highest BCUT2D eigenvalue weighted by Crippen LogP contribution is 2.17. The van der Waals surface area contributed by atoms with Crippen LogP contribution >= 0.6 is 11.3 Å². The molecule has 0 aliphatic rings. The molecule has 0 bridgehead atoms. The van der Waals surface area contributed by atoms with Crippen molar-refractivity contribution in [2.45, 2.75) is 0 Å². The van der Waals surface area contributed by atoms with Crippen LogP contribution in [0.1, 0.15) is 20.0 Å². The molecule has 2 aromatic carbocycles. The second-order valence-corrected chi connectivity index (χ2v) is 7.07. The molecule has 0 fully saturated rings. The number of nitrogens with one attached hydrogen (secondary N) is 2. The van der Waals surface area contributed by atoms with Crippen LogP contribution in [-0.2, 0) is 0 Å². The van der Waals surface area contributed by atoms with Crippen LogP contribution in [0.2, 0.25) is 0 Å². The van der Waals surface area contributed by atoms with E-state index in [1.807, 2.05) is 41.8 Å². The quantitative estimate of drug-likeness (QED) is 0.508. The monoisotopic (exact) mass is 400 g/mol. The van der Waals surface area contributed by atoms with Crippen molar-refractivity contribution in [1.29, 1.82) is 0 Å². The molecule has 0 aliphatic carbocycles. The van der Waals surface area contributed by atoms with E-state index in [4.69, 9.17) is 0 Å². The van der Waals surface area contributed by atoms with Gasteiger partial charge in [-0.15, -0.1) is 11.3 Å². The van der Waals surface area contributed by atoms with Gasteiger partial charge in [0.15, 0.2) is 5.82 Å². The fraction of sp³-hybridized carbons (Fsp3) is 0. The molecule has 29 heavy (non-hydrogen) atoms. The number of anilines is 2. The zero-order valence-corrected chi connectivity index (χ0v) is 16.0. The predicted molar refractivity (Wildman–Crippen MR) is 114 cm³/mol. The Balaban J connectivity index is 1.39. The van der Waals surface area contributed by atoms with Crippen LogP contribution in [0.3, 0.4) is 0 Å². The molecule has 0 saturated heterocycles. The first kappa shape index (κ1) is 18.5. The number of thiophene rings is 1. The number of amides is 2. The van der Waals surface area contributed by atoms with E-state index in [-0.39, 0.29) is 11.8 Å². The zero-order chi connectivity index (χ0) is 20.1. The summed E-state index contributed by atoms with van der Waals surface area (Å²) in [5.74, 6) is 0.138. The largest absolute Gasteiger partial charge is 0.321 e. The molecule has 2 heterocycles. The average molecular weight is 400 g/mol. The summed E-state index contributed by atoms with van der Waals surface area (Å²) in [6.45, 7) is 0. The Hall–Kier alpha value is -3.84. The lowest BCUT2D eigenvalue weighted by molar-refractivity contribution is 0.102. The molecular weight excluding hydrogens is 384 g/mol. The van der Waals surface area contributed by atoms with Crippen molar-refractivity contribution in [1.82, 2.24) is 9.97 Å². The fourth-order valence-corrected chi connectivity index (χ4v) is 3.26. The normalized spacial score (nSPS) is 10.3. The Morgan fingerprint density at radius 1 is 0.724 bits per heavy atom. The third-order valence-corrected chi connectivity index (χ3v) is 4.96. The molecule has 0 radical (unpaired) electrons. The van der Waals surface area contributed by atoms with Gasteiger partial charge in [0, 0.05) is 16.8 Å². The van der Waals surface area contributed by atoms with E-state index in [9.17, 15) is 9.59 Å². The summed E-state index contributed by atoms with van der Waals surface area (Å²) in [4.78, 5) is 33.7. The van der Waals surface area contributed by atoms with Crippen molar-refractivity contribution in [3.8, 4) is 11.4 Å². The van der Waals surface area contributed by atoms with Crippen molar-refractivity contribution < 1.29 is 9.59 Å². The van der Waals surface area contributed by atoms with Crippen LogP contribution in [0.25, 0.3) is 11.4 Å². The van der Waals surface area contributed by atoms with Crippen molar-refractivity contribution >= 4 is 34.5 Å². The molecule has 0 spiro atoms. The fourth-order valence-electron chi connectivity index (χ4n) is 2.64. The Morgan fingerprint density at radius 2 is 1.41 bits per heavy atom. The summed E-state index contributed by atoms with van der Waals surface area (Å²) >= 11 is 1.37. The maximum absolute atomic E-state index is 12.4. The topological polar surface area (TPSA) is 84.0 Å². The molecule has 6 nitrogen and oxygen atoms in total. The highest BCUT2D eigenvalue weighted by molar-refractivity contribution is 7.12. The van der Waals surface area contributed by atoms with Gasteiger partial charge in [0.25, 0.3) is 11.8 Å². The van der Waals surface area contributed by atoms with E-state index in [0.29, 0.717) is 27.6 Å². The molecule has 2 N–H and O–H groups in total. The van der Waals surface area contributed by atoms with E-state index in [1.54, 1.807) is 42.7 Å². The van der Waals surface area contributed by atoms with Gasteiger partial charge in [-0.25, -0.2) is 9.97 Å². The number of hydrogen-bond acceptors (Lipinski definition) is 5. The second kappa shape index (κ2) is 8.45. The second-order valence-electron chi connectivity index (χ2n) is 6.12. The number of aromatic nitrogens is 2. The number of rotatable bonds is 5. The van der Waals surface area contributed by atoms with Crippen LogP contribution < -0.4 is 10.6 Å². The number of hydrogen-bond donors (Lipinski definition) is 2. The first-order chi connectivity index (χ1) is 14.2. The Kier molecular flexibility index (Phi) is 5.40. The minimum atomic E-state index is -0.280. The summed E-state index contributed by atoms with van der Waals surface area (Å²) in [6, 6.07) is 19.9. The van der Waals surface area contributed by atoms with Gasteiger partial charge in [0.05, 0.1) is 23.0 Å². The van der Waals surface area contributed by atoms with Gasteiger partial charge in [0.1, 0.15) is 0 Å². The lowest BCUT2D eigenvalue weighted by Gasteiger charge is -2.07. The maximum atomic E-state index is 12.4. The first-order valence-corrected chi connectivity index (χ1v) is 9.71. The Morgan fingerprint density at radius 3 is 2.07 bits per heavy atom. The van der Waals surface area contributed by atoms with Crippen LogP contribution in [-0.4, -0.2) is 21.8 Å². The molecule has 0 saturated carbocycles. The van der Waals surface area contributed by atoms with Crippen LogP contribution in [0.4, 0.5) is 11.4 Å². The van der Waals surface area contributed by atoms with Gasteiger partial charge < -0.3 is 10.6 Å². The lowest BCUT2D eigenvalue weighted by Crippen LogP contribution is -2.13. The van der Waals surface area contributed by atoms with Crippen LogP contribution in [0, 0.1) is 0 Å². The Bertz CT molecular complexity index is 1110. The average Bonchev–Trinajstić information content (AvgIpc) is 3.31. The van der Waals surface area contributed by atoms with Crippen LogP contribution in [0.15, 0.2) is 84.5 Å². The minimum absolute atomic E-state index is 0.173. The first-order valence-electron chi connectivity index (χ1n) is 8.83. The summed E-state index contributed by atoms with van der Waals surface area (Å²) in [5, 5.41) is 7.42. The van der Waals surface area contributed by atoms with Gasteiger partial charge in [-0.3, -0.25) is 9.59 Å². The lowest BCUT2D eigenvalue weighted by atomic mass is 10.2. The van der Waals surface area contributed by atoms with Gasteiger partial charge in [-0.1, -0.05) is 36.4 Å². The van der Waals surface area contributed by atoms with E-state index in [1.165, 1.54) is 11.3 Å². The predicted octanol–water partition coefficient (Wildman–Crippen LogP) is 4.71. The van der Waals surface area contributed by atoms with Gasteiger partial charge >= 0.3 is 0 Å². The molecule has 4 aromatic rings. The summed E-state index contributed by atoms with van der Waals surface area (Å²) < 4.78 is 0. The molecule has 142 valence electrons. The third kappa shape index (κ3) is 4.53. The number of carbonyl (C=O) groups is 2. The van der Waals surface area contributed by atoms with Crippen molar-refractivity contribution in [2.75, 3.05) is 10.6 Å². The molecular formula is C22H16N4O2S.